The van der Waals surface area contributed by atoms with Gasteiger partial charge in [-0.15, -0.1) is 0 Å². The number of urea groups is 1. The number of anilines is 1. The number of benzene rings is 2. The fraction of sp³-hybridized carbons (Fsp3) is 0.500. The second kappa shape index (κ2) is 12.5. The Hall–Kier alpha value is -2.77. The second-order valence-corrected chi connectivity index (χ2v) is 8.49. The maximum atomic E-state index is 13.2. The zero-order valence-corrected chi connectivity index (χ0v) is 20.3. The topological polar surface area (TPSA) is 63.3 Å². The highest BCUT2D eigenvalue weighted by Gasteiger charge is 2.28. The lowest BCUT2D eigenvalue weighted by Crippen LogP contribution is -2.50. The van der Waals surface area contributed by atoms with E-state index in [1.54, 1.807) is 21.3 Å². The minimum absolute atomic E-state index is 0.104. The Bertz CT molecular complexity index is 880. The van der Waals surface area contributed by atoms with Crippen LogP contribution in [0.3, 0.4) is 0 Å². The second-order valence-electron chi connectivity index (χ2n) is 8.49. The number of hydrogen-bond acceptors (Lipinski definition) is 5. The summed E-state index contributed by atoms with van der Waals surface area (Å²) in [6, 6.07) is 14.1. The summed E-state index contributed by atoms with van der Waals surface area (Å²) in [6.07, 6.45) is 2.91. The summed E-state index contributed by atoms with van der Waals surface area (Å²) in [6.45, 7) is 6.04. The first-order valence-electron chi connectivity index (χ1n) is 11.6. The van der Waals surface area contributed by atoms with Crippen molar-refractivity contribution in [2.75, 3.05) is 59.4 Å². The van der Waals surface area contributed by atoms with E-state index in [1.165, 1.54) is 5.56 Å². The van der Waals surface area contributed by atoms with Crippen LogP contribution in [-0.4, -0.2) is 76.0 Å². The fourth-order valence-corrected chi connectivity index (χ4v) is 4.28. The van der Waals surface area contributed by atoms with Gasteiger partial charge in [0.2, 0.25) is 0 Å². The number of ether oxygens (including phenoxy) is 3. The highest BCUT2D eigenvalue weighted by molar-refractivity contribution is 5.91. The van der Waals surface area contributed by atoms with E-state index in [-0.39, 0.29) is 12.1 Å². The van der Waals surface area contributed by atoms with E-state index < -0.39 is 0 Å². The molecule has 1 aliphatic heterocycles. The standard InChI is InChI=1S/C26H37N3O4/c1-20-5-10-25(33-4)24(19-20)27-26(30)29(17-18-31-2)22-12-15-28(16-13-22)14-11-21-6-8-23(32-3)9-7-21/h5-10,19,22H,11-18H2,1-4H3,(H,27,30). The summed E-state index contributed by atoms with van der Waals surface area (Å²) in [7, 11) is 4.97. The third kappa shape index (κ3) is 7.11. The quantitative estimate of drug-likeness (QED) is 0.582. The molecule has 1 saturated heterocycles. The van der Waals surface area contributed by atoms with Gasteiger partial charge >= 0.3 is 6.03 Å². The van der Waals surface area contributed by atoms with Crippen LogP contribution in [-0.2, 0) is 11.2 Å². The van der Waals surface area contributed by atoms with Gasteiger partial charge in [-0.3, -0.25) is 0 Å². The average molecular weight is 456 g/mol. The SMILES string of the molecule is COCCN(C(=O)Nc1cc(C)ccc1OC)C1CCN(CCc2ccc(OC)cc2)CC1. The van der Waals surface area contributed by atoms with Crippen molar-refractivity contribution in [1.82, 2.24) is 9.80 Å². The molecule has 0 aromatic heterocycles. The molecular formula is C26H37N3O4. The lowest BCUT2D eigenvalue weighted by Gasteiger charge is -2.38. The average Bonchev–Trinajstić information content (AvgIpc) is 2.84. The largest absolute Gasteiger partial charge is 0.497 e. The summed E-state index contributed by atoms with van der Waals surface area (Å²) in [5.74, 6) is 1.55. The molecule has 2 aromatic carbocycles. The van der Waals surface area contributed by atoms with Crippen molar-refractivity contribution in [2.45, 2.75) is 32.2 Å². The molecule has 7 nitrogen and oxygen atoms in total. The number of amides is 2. The van der Waals surface area contributed by atoms with E-state index in [1.807, 2.05) is 42.2 Å². The van der Waals surface area contributed by atoms with Crippen LogP contribution in [0.1, 0.15) is 24.0 Å². The number of likely N-dealkylation sites (tertiary alicyclic amines) is 1. The van der Waals surface area contributed by atoms with Crippen molar-refractivity contribution < 1.29 is 19.0 Å². The number of nitrogens with zero attached hydrogens (tertiary/aromatic N) is 2. The molecule has 33 heavy (non-hydrogen) atoms. The Labute approximate surface area is 197 Å². The predicted octanol–water partition coefficient (Wildman–Crippen LogP) is 4.20. The molecular weight excluding hydrogens is 418 g/mol. The van der Waals surface area contributed by atoms with Crippen LogP contribution in [0.2, 0.25) is 0 Å². The summed E-state index contributed by atoms with van der Waals surface area (Å²) < 4.78 is 16.0. The van der Waals surface area contributed by atoms with E-state index in [4.69, 9.17) is 14.2 Å². The van der Waals surface area contributed by atoms with Crippen LogP contribution in [0.5, 0.6) is 11.5 Å². The Morgan fingerprint density at radius 3 is 2.42 bits per heavy atom. The Morgan fingerprint density at radius 2 is 1.79 bits per heavy atom. The van der Waals surface area contributed by atoms with Crippen LogP contribution in [0.4, 0.5) is 10.5 Å². The minimum atomic E-state index is -0.104. The molecule has 0 saturated carbocycles. The monoisotopic (exact) mass is 455 g/mol. The van der Waals surface area contributed by atoms with Gasteiger partial charge in [-0.05, 0) is 61.6 Å². The lowest BCUT2D eigenvalue weighted by atomic mass is 10.0. The van der Waals surface area contributed by atoms with Crippen molar-refractivity contribution in [3.05, 3.63) is 53.6 Å². The van der Waals surface area contributed by atoms with Gasteiger partial charge in [-0.25, -0.2) is 4.79 Å². The van der Waals surface area contributed by atoms with E-state index in [0.717, 1.165) is 50.2 Å². The van der Waals surface area contributed by atoms with E-state index >= 15 is 0 Å². The van der Waals surface area contributed by atoms with Crippen LogP contribution in [0.15, 0.2) is 42.5 Å². The third-order valence-corrected chi connectivity index (χ3v) is 6.27. The van der Waals surface area contributed by atoms with Gasteiger partial charge in [-0.2, -0.15) is 0 Å². The van der Waals surface area contributed by atoms with Crippen LogP contribution >= 0.6 is 0 Å². The molecule has 0 atom stereocenters. The molecule has 0 bridgehead atoms. The molecule has 1 fully saturated rings. The van der Waals surface area contributed by atoms with Gasteiger partial charge in [-0.1, -0.05) is 18.2 Å². The third-order valence-electron chi connectivity index (χ3n) is 6.27. The van der Waals surface area contributed by atoms with E-state index in [9.17, 15) is 4.79 Å². The maximum Gasteiger partial charge on any atom is 0.322 e. The summed E-state index contributed by atoms with van der Waals surface area (Å²) in [4.78, 5) is 17.6. The van der Waals surface area contributed by atoms with Crippen LogP contribution in [0.25, 0.3) is 0 Å². The molecule has 0 aliphatic carbocycles. The number of methoxy groups -OCH3 is 3. The summed E-state index contributed by atoms with van der Waals surface area (Å²) in [5.41, 5.74) is 3.08. The van der Waals surface area contributed by atoms with Crippen LogP contribution < -0.4 is 14.8 Å². The van der Waals surface area contributed by atoms with E-state index in [2.05, 4.69) is 22.3 Å². The van der Waals surface area contributed by atoms with Gasteiger partial charge in [0.1, 0.15) is 11.5 Å². The Kier molecular flexibility index (Phi) is 9.39. The molecule has 1 heterocycles. The number of carbonyl (C=O) groups excluding carboxylic acids is 1. The smallest absolute Gasteiger partial charge is 0.322 e. The highest BCUT2D eigenvalue weighted by Crippen LogP contribution is 2.26. The van der Waals surface area contributed by atoms with Crippen molar-refractivity contribution in [3.63, 3.8) is 0 Å². The molecule has 0 spiro atoms. The zero-order valence-electron chi connectivity index (χ0n) is 20.3. The van der Waals surface area contributed by atoms with Crippen molar-refractivity contribution >= 4 is 11.7 Å². The number of piperidine rings is 1. The van der Waals surface area contributed by atoms with Crippen molar-refractivity contribution in [3.8, 4) is 11.5 Å². The molecule has 3 rings (SSSR count). The molecule has 2 amide bonds. The molecule has 1 aliphatic rings. The Balaban J connectivity index is 1.56. The van der Waals surface area contributed by atoms with Gasteiger partial charge in [0.25, 0.3) is 0 Å². The number of aryl methyl sites for hydroxylation is 1. The van der Waals surface area contributed by atoms with Crippen LogP contribution in [0, 0.1) is 6.92 Å². The van der Waals surface area contributed by atoms with Gasteiger partial charge < -0.3 is 29.3 Å². The van der Waals surface area contributed by atoms with Crippen molar-refractivity contribution in [1.29, 1.82) is 0 Å². The Morgan fingerprint density at radius 1 is 1.06 bits per heavy atom. The number of hydrogen-bond donors (Lipinski definition) is 1. The maximum absolute atomic E-state index is 13.2. The lowest BCUT2D eigenvalue weighted by molar-refractivity contribution is 0.101. The molecule has 0 radical (unpaired) electrons. The van der Waals surface area contributed by atoms with Crippen molar-refractivity contribution in [2.24, 2.45) is 0 Å². The van der Waals surface area contributed by atoms with Gasteiger partial charge in [0.05, 0.1) is 26.5 Å². The summed E-state index contributed by atoms with van der Waals surface area (Å²) >= 11 is 0. The molecule has 180 valence electrons. The molecule has 7 heteroatoms. The van der Waals surface area contributed by atoms with Gasteiger partial charge in [0.15, 0.2) is 0 Å². The van der Waals surface area contributed by atoms with Gasteiger partial charge in [0, 0.05) is 39.3 Å². The zero-order chi connectivity index (χ0) is 23.6. The molecule has 1 N–H and O–H groups in total. The first kappa shape index (κ1) is 24.9. The number of carbonyl (C=O) groups is 1. The van der Waals surface area contributed by atoms with E-state index in [0.29, 0.717) is 24.6 Å². The normalized spacial score (nSPS) is 14.7. The minimum Gasteiger partial charge on any atom is -0.497 e. The highest BCUT2D eigenvalue weighted by atomic mass is 16.5. The number of rotatable bonds is 10. The summed E-state index contributed by atoms with van der Waals surface area (Å²) in [5, 5.41) is 3.06. The fourth-order valence-electron chi connectivity index (χ4n) is 4.28. The first-order valence-corrected chi connectivity index (χ1v) is 11.6. The number of nitrogens with one attached hydrogen (secondary N) is 1. The predicted molar refractivity (Wildman–Crippen MR) is 131 cm³/mol. The molecule has 0 unspecified atom stereocenters. The first-order chi connectivity index (χ1) is 16.0. The molecule has 2 aromatic rings.